The molecule has 0 saturated heterocycles. The summed E-state index contributed by atoms with van der Waals surface area (Å²) in [6, 6.07) is 11.6. The minimum Gasteiger partial charge on any atom is -0.493 e. The summed E-state index contributed by atoms with van der Waals surface area (Å²) < 4.78 is 20.5. The quantitative estimate of drug-likeness (QED) is 0.854. The monoisotopic (exact) mass is 304 g/mol. The molecule has 0 bridgehead atoms. The molecule has 0 fully saturated rings. The average molecular weight is 304 g/mol. The van der Waals surface area contributed by atoms with E-state index in [4.69, 9.17) is 18.9 Å². The van der Waals surface area contributed by atoms with E-state index in [0.717, 1.165) is 34.1 Å². The van der Waals surface area contributed by atoms with E-state index in [1.165, 1.54) is 0 Å². The topological polar surface area (TPSA) is 36.9 Å². The molecule has 0 unspecified atom stereocenters. The van der Waals surface area contributed by atoms with E-state index in [9.17, 15) is 0 Å². The van der Waals surface area contributed by atoms with Crippen LogP contribution in [0.1, 0.15) is 11.1 Å². The highest BCUT2D eigenvalue weighted by atomic mass is 16.5. The maximum absolute atomic E-state index is 5.14. The van der Waals surface area contributed by atoms with Gasteiger partial charge in [0, 0.05) is 0 Å². The van der Waals surface area contributed by atoms with E-state index in [-0.39, 0.29) is 0 Å². The minimum absolute atomic E-state index is 0.785. The van der Waals surface area contributed by atoms with Crippen molar-refractivity contribution < 1.29 is 18.9 Å². The van der Waals surface area contributed by atoms with Crippen LogP contribution < -0.4 is 18.9 Å². The van der Waals surface area contributed by atoms with Crippen molar-refractivity contribution >= 4 is 0 Å². The molecule has 0 heterocycles. The summed E-state index contributed by atoms with van der Waals surface area (Å²) in [4.78, 5) is 0. The molecule has 0 atom stereocenters. The van der Waals surface area contributed by atoms with Gasteiger partial charge in [0.05, 0.1) is 28.4 Å². The molecule has 120 valence electrons. The zero-order chi connectivity index (χ0) is 16.5. The fourth-order valence-electron chi connectivity index (χ4n) is 2.10. The highest BCUT2D eigenvalue weighted by Gasteiger charge is 2.04. The first-order chi connectivity index (χ1) is 10.6. The third-order valence-corrected chi connectivity index (χ3v) is 3.20. The second-order valence-electron chi connectivity index (χ2n) is 4.62. The predicted molar refractivity (Wildman–Crippen MR) is 88.6 cm³/mol. The van der Waals surface area contributed by atoms with E-state index in [1.807, 2.05) is 50.2 Å². The van der Waals surface area contributed by atoms with Crippen LogP contribution in [0.25, 0.3) is 0 Å². The molecule has 22 heavy (non-hydrogen) atoms. The van der Waals surface area contributed by atoms with E-state index >= 15 is 0 Å². The van der Waals surface area contributed by atoms with Crippen molar-refractivity contribution in [1.29, 1.82) is 0 Å². The number of benzene rings is 2. The summed E-state index contributed by atoms with van der Waals surface area (Å²) in [7, 11) is 6.56. The van der Waals surface area contributed by atoms with Crippen LogP contribution >= 0.6 is 0 Å². The summed E-state index contributed by atoms with van der Waals surface area (Å²) in [6.45, 7) is 3.97. The number of ether oxygens (including phenoxy) is 4. The lowest BCUT2D eigenvalue weighted by Gasteiger charge is -2.08. The second kappa shape index (κ2) is 8.82. The molecule has 0 spiro atoms. The molecule has 0 aliphatic rings. The van der Waals surface area contributed by atoms with Crippen LogP contribution in [0.4, 0.5) is 0 Å². The highest BCUT2D eigenvalue weighted by Crippen LogP contribution is 2.30. The van der Waals surface area contributed by atoms with Gasteiger partial charge in [0.15, 0.2) is 23.0 Å². The van der Waals surface area contributed by atoms with Gasteiger partial charge in [-0.2, -0.15) is 0 Å². The lowest BCUT2D eigenvalue weighted by atomic mass is 10.2. The standard InChI is InChI=1S/2C9H12O2/c2*1-7-5-4-6-8(10-2)9(7)11-3/h2*4-6H,1-3H3. The Kier molecular flexibility index (Phi) is 7.09. The zero-order valence-electron chi connectivity index (χ0n) is 14.1. The van der Waals surface area contributed by atoms with Crippen LogP contribution in [-0.4, -0.2) is 28.4 Å². The molecule has 4 nitrogen and oxygen atoms in total. The molecule has 2 aromatic carbocycles. The van der Waals surface area contributed by atoms with Crippen LogP contribution in [0.3, 0.4) is 0 Å². The van der Waals surface area contributed by atoms with E-state index < -0.39 is 0 Å². The molecule has 4 heteroatoms. The summed E-state index contributed by atoms with van der Waals surface area (Å²) in [6.07, 6.45) is 0. The second-order valence-corrected chi connectivity index (χ2v) is 4.62. The Bertz CT molecular complexity index is 540. The Hall–Kier alpha value is -2.36. The van der Waals surface area contributed by atoms with Gasteiger partial charge in [-0.15, -0.1) is 0 Å². The largest absolute Gasteiger partial charge is 0.493 e. The Morgan fingerprint density at radius 2 is 0.909 bits per heavy atom. The van der Waals surface area contributed by atoms with Crippen molar-refractivity contribution in [3.8, 4) is 23.0 Å². The minimum atomic E-state index is 0.785. The van der Waals surface area contributed by atoms with Crippen LogP contribution in [0.2, 0.25) is 0 Å². The molecule has 2 rings (SSSR count). The third kappa shape index (κ3) is 4.32. The number of hydrogen-bond acceptors (Lipinski definition) is 4. The van der Waals surface area contributed by atoms with Gasteiger partial charge in [0.25, 0.3) is 0 Å². The van der Waals surface area contributed by atoms with Crippen molar-refractivity contribution in [2.75, 3.05) is 28.4 Å². The van der Waals surface area contributed by atoms with Gasteiger partial charge < -0.3 is 18.9 Å². The number of methoxy groups -OCH3 is 4. The SMILES string of the molecule is COc1cccc(C)c1OC.COc1cccc(C)c1OC. The maximum Gasteiger partial charge on any atom is 0.163 e. The first-order valence-corrected chi connectivity index (χ1v) is 6.94. The smallest absolute Gasteiger partial charge is 0.163 e. The van der Waals surface area contributed by atoms with Crippen molar-refractivity contribution in [2.24, 2.45) is 0 Å². The van der Waals surface area contributed by atoms with Gasteiger partial charge >= 0.3 is 0 Å². The molecular weight excluding hydrogens is 280 g/mol. The average Bonchev–Trinajstić information content (AvgIpc) is 2.54. The number of rotatable bonds is 4. The van der Waals surface area contributed by atoms with Gasteiger partial charge in [0.2, 0.25) is 0 Å². The maximum atomic E-state index is 5.14. The fraction of sp³-hybridized carbons (Fsp3) is 0.333. The van der Waals surface area contributed by atoms with Crippen LogP contribution in [0.15, 0.2) is 36.4 Å². The number of hydrogen-bond donors (Lipinski definition) is 0. The Balaban J connectivity index is 0.000000220. The van der Waals surface area contributed by atoms with Gasteiger partial charge in [-0.3, -0.25) is 0 Å². The van der Waals surface area contributed by atoms with E-state index in [0.29, 0.717) is 0 Å². The third-order valence-electron chi connectivity index (χ3n) is 3.20. The van der Waals surface area contributed by atoms with Gasteiger partial charge in [-0.1, -0.05) is 24.3 Å². The van der Waals surface area contributed by atoms with Crippen molar-refractivity contribution in [3.63, 3.8) is 0 Å². The predicted octanol–water partition coefficient (Wildman–Crippen LogP) is 4.02. The Morgan fingerprint density at radius 1 is 0.545 bits per heavy atom. The molecule has 2 aromatic rings. The first kappa shape index (κ1) is 17.7. The highest BCUT2D eigenvalue weighted by molar-refractivity contribution is 5.46. The van der Waals surface area contributed by atoms with Gasteiger partial charge in [-0.05, 0) is 37.1 Å². The lowest BCUT2D eigenvalue weighted by Crippen LogP contribution is -1.91. The Labute approximate surface area is 132 Å². The molecule has 0 amide bonds. The van der Waals surface area contributed by atoms with Crippen LogP contribution in [0.5, 0.6) is 23.0 Å². The molecule has 0 radical (unpaired) electrons. The lowest BCUT2D eigenvalue weighted by molar-refractivity contribution is 0.353. The zero-order valence-corrected chi connectivity index (χ0v) is 14.1. The molecule has 0 aliphatic heterocycles. The summed E-state index contributed by atoms with van der Waals surface area (Å²) in [5, 5.41) is 0. The first-order valence-electron chi connectivity index (χ1n) is 6.94. The van der Waals surface area contributed by atoms with E-state index in [2.05, 4.69) is 0 Å². The normalized spacial score (nSPS) is 9.36. The summed E-state index contributed by atoms with van der Waals surface area (Å²) >= 11 is 0. The molecule has 0 aliphatic carbocycles. The molecular formula is C18H24O4. The van der Waals surface area contributed by atoms with Gasteiger partial charge in [0.1, 0.15) is 0 Å². The molecule has 0 N–H and O–H groups in total. The number of aryl methyl sites for hydroxylation is 2. The van der Waals surface area contributed by atoms with Gasteiger partial charge in [-0.25, -0.2) is 0 Å². The van der Waals surface area contributed by atoms with Crippen LogP contribution in [0, 0.1) is 13.8 Å². The van der Waals surface area contributed by atoms with Crippen molar-refractivity contribution in [3.05, 3.63) is 47.5 Å². The number of para-hydroxylation sites is 2. The fourth-order valence-corrected chi connectivity index (χ4v) is 2.10. The molecule has 0 saturated carbocycles. The summed E-state index contributed by atoms with van der Waals surface area (Å²) in [5.41, 5.74) is 2.18. The molecule has 0 aromatic heterocycles. The van der Waals surface area contributed by atoms with Crippen molar-refractivity contribution in [2.45, 2.75) is 13.8 Å². The Morgan fingerprint density at radius 3 is 1.14 bits per heavy atom. The van der Waals surface area contributed by atoms with E-state index in [1.54, 1.807) is 28.4 Å². The van der Waals surface area contributed by atoms with Crippen LogP contribution in [-0.2, 0) is 0 Å². The van der Waals surface area contributed by atoms with Crippen molar-refractivity contribution in [1.82, 2.24) is 0 Å². The summed E-state index contributed by atoms with van der Waals surface area (Å²) in [5.74, 6) is 3.20.